The van der Waals surface area contributed by atoms with Crippen LogP contribution in [0.2, 0.25) is 0 Å². The van der Waals surface area contributed by atoms with Gasteiger partial charge in [-0.15, -0.1) is 0 Å². The monoisotopic (exact) mass is 386 g/mol. The number of benzene rings is 1. The minimum atomic E-state index is 0.0603. The lowest BCUT2D eigenvalue weighted by Gasteiger charge is -2.36. The van der Waals surface area contributed by atoms with E-state index in [1.807, 2.05) is 24.3 Å². The normalized spacial score (nSPS) is 16.8. The van der Waals surface area contributed by atoms with Crippen LogP contribution in [0.25, 0.3) is 10.9 Å². The Balaban J connectivity index is 1.31. The number of fused-ring (bicyclic) bond motifs is 1. The van der Waals surface area contributed by atoms with Crippen LogP contribution in [0, 0.1) is 17.2 Å². The predicted octanol–water partition coefficient (Wildman–Crippen LogP) is 2.40. The van der Waals surface area contributed by atoms with E-state index in [-0.39, 0.29) is 5.56 Å². The van der Waals surface area contributed by atoms with E-state index in [4.69, 9.17) is 5.26 Å². The van der Waals surface area contributed by atoms with Gasteiger partial charge in [0.1, 0.15) is 11.9 Å². The second-order valence-electron chi connectivity index (χ2n) is 7.84. The Morgan fingerprint density at radius 3 is 2.52 bits per heavy atom. The quantitative estimate of drug-likeness (QED) is 0.685. The highest BCUT2D eigenvalue weighted by molar-refractivity contribution is 5.81. The molecule has 29 heavy (non-hydrogen) atoms. The van der Waals surface area contributed by atoms with Crippen molar-refractivity contribution >= 4 is 22.4 Å². The molecule has 1 aliphatic carbocycles. The number of nitrogens with zero attached hydrogens (tertiary/aromatic N) is 6. The van der Waals surface area contributed by atoms with Gasteiger partial charge in [-0.3, -0.25) is 9.36 Å². The van der Waals surface area contributed by atoms with Crippen LogP contribution in [0.4, 0.5) is 11.5 Å². The zero-order chi connectivity index (χ0) is 19.8. The fourth-order valence-corrected chi connectivity index (χ4v) is 3.89. The van der Waals surface area contributed by atoms with Crippen molar-refractivity contribution < 1.29 is 0 Å². The van der Waals surface area contributed by atoms with Gasteiger partial charge in [0.2, 0.25) is 0 Å². The van der Waals surface area contributed by atoms with Gasteiger partial charge in [-0.1, -0.05) is 0 Å². The van der Waals surface area contributed by atoms with E-state index in [0.29, 0.717) is 16.9 Å². The van der Waals surface area contributed by atoms with Gasteiger partial charge in [0.25, 0.3) is 5.56 Å². The third kappa shape index (κ3) is 3.54. The Hall–Kier alpha value is -3.40. The van der Waals surface area contributed by atoms with Crippen molar-refractivity contribution in [3.8, 4) is 6.07 Å². The first-order valence-corrected chi connectivity index (χ1v) is 10.1. The van der Waals surface area contributed by atoms with Gasteiger partial charge in [0.05, 0.1) is 22.8 Å². The van der Waals surface area contributed by atoms with Crippen LogP contribution in [-0.4, -0.2) is 40.7 Å². The van der Waals surface area contributed by atoms with E-state index < -0.39 is 0 Å². The number of nitriles is 1. The van der Waals surface area contributed by atoms with Gasteiger partial charge in [-0.05, 0) is 49.1 Å². The van der Waals surface area contributed by atoms with Crippen LogP contribution >= 0.6 is 0 Å². The molecule has 5 rings (SSSR count). The molecule has 0 spiro atoms. The van der Waals surface area contributed by atoms with Crippen LogP contribution in [0.3, 0.4) is 0 Å². The van der Waals surface area contributed by atoms with Crippen LogP contribution in [0.5, 0.6) is 0 Å². The maximum absolute atomic E-state index is 12.7. The Kier molecular flexibility index (Phi) is 4.39. The summed E-state index contributed by atoms with van der Waals surface area (Å²) in [6.45, 7) is 4.23. The van der Waals surface area contributed by atoms with Gasteiger partial charge < -0.3 is 9.80 Å². The number of hydrogen-bond acceptors (Lipinski definition) is 6. The third-order valence-electron chi connectivity index (χ3n) is 5.81. The first-order valence-electron chi connectivity index (χ1n) is 10.1. The molecule has 0 bridgehead atoms. The number of rotatable bonds is 4. The Morgan fingerprint density at radius 2 is 1.83 bits per heavy atom. The smallest absolute Gasteiger partial charge is 0.261 e. The highest BCUT2D eigenvalue weighted by Gasteiger charge is 2.23. The Morgan fingerprint density at radius 1 is 1.03 bits per heavy atom. The van der Waals surface area contributed by atoms with E-state index >= 15 is 0 Å². The molecule has 0 N–H and O–H groups in total. The molecule has 1 aliphatic heterocycles. The number of piperazine rings is 1. The van der Waals surface area contributed by atoms with Crippen LogP contribution in [0.15, 0.2) is 47.7 Å². The van der Waals surface area contributed by atoms with Gasteiger partial charge in [-0.2, -0.15) is 5.26 Å². The summed E-state index contributed by atoms with van der Waals surface area (Å²) < 4.78 is 1.75. The third-order valence-corrected chi connectivity index (χ3v) is 5.81. The summed E-state index contributed by atoms with van der Waals surface area (Å²) in [4.78, 5) is 26.2. The standard InChI is InChI=1S/C22H22N6O/c23-12-17-3-6-21(24-13-17)27-9-7-26(8-10-27)18-4-5-19-20(11-18)25-15-28(22(19)29)14-16-1-2-16/h3-6,11,13,15-16H,1-2,7-10,14H2. The van der Waals surface area contributed by atoms with Crippen molar-refractivity contribution in [3.63, 3.8) is 0 Å². The van der Waals surface area contributed by atoms with Gasteiger partial charge in [0.15, 0.2) is 0 Å². The number of anilines is 2. The van der Waals surface area contributed by atoms with E-state index in [1.54, 1.807) is 23.2 Å². The van der Waals surface area contributed by atoms with Crippen molar-refractivity contribution in [2.75, 3.05) is 36.0 Å². The zero-order valence-corrected chi connectivity index (χ0v) is 16.2. The van der Waals surface area contributed by atoms with Crippen molar-refractivity contribution in [1.82, 2.24) is 14.5 Å². The average Bonchev–Trinajstić information content (AvgIpc) is 3.60. The zero-order valence-electron chi connectivity index (χ0n) is 16.2. The molecule has 7 nitrogen and oxygen atoms in total. The summed E-state index contributed by atoms with van der Waals surface area (Å²) >= 11 is 0. The second-order valence-corrected chi connectivity index (χ2v) is 7.84. The second kappa shape index (κ2) is 7.21. The summed E-state index contributed by atoms with van der Waals surface area (Å²) in [6.07, 6.45) is 5.74. The van der Waals surface area contributed by atoms with Gasteiger partial charge in [-0.25, -0.2) is 9.97 Å². The van der Waals surface area contributed by atoms with Crippen LogP contribution < -0.4 is 15.4 Å². The molecule has 2 aliphatic rings. The first-order chi connectivity index (χ1) is 14.2. The van der Waals surface area contributed by atoms with Crippen molar-refractivity contribution in [2.45, 2.75) is 19.4 Å². The lowest BCUT2D eigenvalue weighted by Crippen LogP contribution is -2.46. The maximum atomic E-state index is 12.7. The molecular formula is C22H22N6O. The molecule has 1 aromatic carbocycles. The number of pyridine rings is 1. The van der Waals surface area contributed by atoms with E-state index in [9.17, 15) is 4.79 Å². The summed E-state index contributed by atoms with van der Waals surface area (Å²) in [5.74, 6) is 1.55. The molecule has 2 aromatic heterocycles. The fraction of sp³-hybridized carbons (Fsp3) is 0.364. The molecular weight excluding hydrogens is 364 g/mol. The lowest BCUT2D eigenvalue weighted by atomic mass is 10.2. The summed E-state index contributed by atoms with van der Waals surface area (Å²) in [7, 11) is 0. The largest absolute Gasteiger partial charge is 0.368 e. The number of aromatic nitrogens is 3. The molecule has 1 saturated heterocycles. The highest BCUT2D eigenvalue weighted by atomic mass is 16.1. The van der Waals surface area contributed by atoms with Gasteiger partial charge >= 0.3 is 0 Å². The van der Waals surface area contributed by atoms with Crippen molar-refractivity contribution in [3.05, 3.63) is 58.8 Å². The van der Waals surface area contributed by atoms with E-state index in [0.717, 1.165) is 49.7 Å². The molecule has 146 valence electrons. The molecule has 7 heteroatoms. The predicted molar refractivity (Wildman–Crippen MR) is 112 cm³/mol. The van der Waals surface area contributed by atoms with E-state index in [1.165, 1.54) is 12.8 Å². The summed E-state index contributed by atoms with van der Waals surface area (Å²) in [6, 6.07) is 11.8. The van der Waals surface area contributed by atoms with Crippen LogP contribution in [0.1, 0.15) is 18.4 Å². The molecule has 0 unspecified atom stereocenters. The minimum Gasteiger partial charge on any atom is -0.368 e. The molecule has 1 saturated carbocycles. The molecule has 2 fully saturated rings. The Labute approximate surface area is 168 Å². The molecule has 0 radical (unpaired) electrons. The highest BCUT2D eigenvalue weighted by Crippen LogP contribution is 2.30. The lowest BCUT2D eigenvalue weighted by molar-refractivity contribution is 0.602. The van der Waals surface area contributed by atoms with Crippen LogP contribution in [-0.2, 0) is 6.54 Å². The van der Waals surface area contributed by atoms with Gasteiger partial charge in [0, 0.05) is 44.6 Å². The maximum Gasteiger partial charge on any atom is 0.261 e. The minimum absolute atomic E-state index is 0.0603. The molecule has 3 heterocycles. The number of hydrogen-bond donors (Lipinski definition) is 0. The molecule has 0 atom stereocenters. The summed E-state index contributed by atoms with van der Waals surface area (Å²) in [5.41, 5.74) is 2.49. The van der Waals surface area contributed by atoms with Crippen molar-refractivity contribution in [2.24, 2.45) is 5.92 Å². The van der Waals surface area contributed by atoms with Crippen molar-refractivity contribution in [1.29, 1.82) is 5.26 Å². The molecule has 3 aromatic rings. The fourth-order valence-electron chi connectivity index (χ4n) is 3.89. The topological polar surface area (TPSA) is 78.0 Å². The average molecular weight is 386 g/mol. The molecule has 0 amide bonds. The first kappa shape index (κ1) is 17.7. The summed E-state index contributed by atoms with van der Waals surface area (Å²) in [5, 5.41) is 9.60. The van der Waals surface area contributed by atoms with E-state index in [2.05, 4.69) is 25.8 Å². The Bertz CT molecular complexity index is 1130. The SMILES string of the molecule is N#Cc1ccc(N2CCN(c3ccc4c(=O)n(CC5CC5)cnc4c3)CC2)nc1.